The number of aliphatic hydroxyl groups is 1. The van der Waals surface area contributed by atoms with E-state index in [-0.39, 0.29) is 24.4 Å². The first-order valence-corrected chi connectivity index (χ1v) is 19.2. The number of carbonyl (C=O) groups is 1. The first kappa shape index (κ1) is 33.9. The molecule has 9 nitrogen and oxygen atoms in total. The Morgan fingerprint density at radius 1 is 1.00 bits per heavy atom. The van der Waals surface area contributed by atoms with E-state index in [1.54, 1.807) is 24.3 Å². The number of nitrogens with zero attached hydrogens (tertiary/aromatic N) is 2. The topological polar surface area (TPSA) is 115 Å². The van der Waals surface area contributed by atoms with Crippen LogP contribution in [0.2, 0.25) is 0 Å². The van der Waals surface area contributed by atoms with Crippen molar-refractivity contribution in [2.24, 2.45) is 0 Å². The summed E-state index contributed by atoms with van der Waals surface area (Å²) < 4.78 is 36.5. The van der Waals surface area contributed by atoms with E-state index in [4.69, 9.17) is 9.47 Å². The van der Waals surface area contributed by atoms with Gasteiger partial charge in [0.15, 0.2) is 9.84 Å². The number of sulfone groups is 1. The third kappa shape index (κ3) is 7.35. The molecule has 4 aromatic rings. The lowest BCUT2D eigenvalue weighted by atomic mass is 9.97. The molecule has 1 aromatic heterocycles. The summed E-state index contributed by atoms with van der Waals surface area (Å²) in [6.45, 7) is 0.951. The zero-order valence-electron chi connectivity index (χ0n) is 28.3. The molecule has 0 saturated carbocycles. The number of fused-ring (bicyclic) bond motifs is 6. The van der Waals surface area contributed by atoms with E-state index in [0.717, 1.165) is 35.9 Å². The van der Waals surface area contributed by atoms with Gasteiger partial charge in [-0.15, -0.1) is 0 Å². The molecule has 4 aliphatic heterocycles. The highest BCUT2D eigenvalue weighted by Gasteiger charge is 2.62. The quantitative estimate of drug-likeness (QED) is 0.182. The van der Waals surface area contributed by atoms with Crippen molar-refractivity contribution in [3.63, 3.8) is 0 Å². The van der Waals surface area contributed by atoms with E-state index in [1.807, 2.05) is 42.5 Å². The van der Waals surface area contributed by atoms with Crippen molar-refractivity contribution in [2.75, 3.05) is 33.0 Å². The van der Waals surface area contributed by atoms with Gasteiger partial charge in [-0.3, -0.25) is 9.69 Å². The molecule has 0 spiro atoms. The molecule has 0 amide bonds. The molecule has 49 heavy (non-hydrogen) atoms. The minimum atomic E-state index is -3.25. The Kier molecular flexibility index (Phi) is 9.95. The number of aryl methyl sites for hydroxylation is 1. The lowest BCUT2D eigenvalue weighted by Crippen LogP contribution is -2.48. The molecule has 2 N–H and O–H groups in total. The van der Waals surface area contributed by atoms with Crippen LogP contribution in [0.3, 0.4) is 0 Å². The zero-order valence-corrected chi connectivity index (χ0v) is 29.1. The molecule has 7 atom stereocenters. The number of aliphatic hydroxyl groups excluding tert-OH is 1. The fraction of sp³-hybridized carbons (Fsp3) is 0.462. The van der Waals surface area contributed by atoms with Crippen molar-refractivity contribution < 1.29 is 27.8 Å². The Balaban J connectivity index is 0.000000157. The number of likely N-dealkylation sites (N-methyl/N-ethyl adjacent to an activating group) is 2. The van der Waals surface area contributed by atoms with Crippen LogP contribution in [0.4, 0.5) is 0 Å². The van der Waals surface area contributed by atoms with Crippen LogP contribution in [-0.4, -0.2) is 104 Å². The van der Waals surface area contributed by atoms with E-state index in [9.17, 15) is 18.3 Å². The van der Waals surface area contributed by atoms with Gasteiger partial charge in [0.2, 0.25) is 0 Å². The second-order valence-corrected chi connectivity index (χ2v) is 16.2. The fourth-order valence-corrected chi connectivity index (χ4v) is 9.40. The van der Waals surface area contributed by atoms with Crippen LogP contribution in [0.25, 0.3) is 10.9 Å². The number of esters is 1. The molecular formula is C39H47N3O6S. The monoisotopic (exact) mass is 685 g/mol. The van der Waals surface area contributed by atoms with Crippen molar-refractivity contribution in [3.8, 4) is 0 Å². The minimum Gasteiger partial charge on any atom is -0.462 e. The van der Waals surface area contributed by atoms with Gasteiger partial charge in [0.25, 0.3) is 0 Å². The van der Waals surface area contributed by atoms with Crippen molar-refractivity contribution in [1.29, 1.82) is 0 Å². The van der Waals surface area contributed by atoms with E-state index in [1.165, 1.54) is 30.3 Å². The number of hydrogen-bond acceptors (Lipinski definition) is 8. The van der Waals surface area contributed by atoms with Crippen LogP contribution in [0.5, 0.6) is 0 Å². The maximum Gasteiger partial charge on any atom is 0.316 e. The molecule has 4 saturated heterocycles. The van der Waals surface area contributed by atoms with Crippen LogP contribution >= 0.6 is 0 Å². The molecule has 3 aromatic carbocycles. The molecular weight excluding hydrogens is 639 g/mol. The predicted octanol–water partition coefficient (Wildman–Crippen LogP) is 4.74. The number of H-pyrrole nitrogens is 1. The predicted molar refractivity (Wildman–Crippen MR) is 189 cm³/mol. The van der Waals surface area contributed by atoms with Gasteiger partial charge in [0.05, 0.1) is 17.3 Å². The summed E-state index contributed by atoms with van der Waals surface area (Å²) in [4.78, 5) is 21.0. The van der Waals surface area contributed by atoms with Gasteiger partial charge in [-0.05, 0) is 87.3 Å². The summed E-state index contributed by atoms with van der Waals surface area (Å²) >= 11 is 0. The standard InChI is InChI=1S/C22H26N2O2S.C17H21NO4/c1-24-12-5-6-19(24)15-18-16-23-22-10-9-17(14-21(18)22)11-13-27(25,26)20-7-3-2-4-8-20;1-18-13-7-11(8-14(18)16-15(13)22-16)21-17(20)12(9-19)10-5-3-2-4-6-10/h2-4,7-10,14,16,19,23H,5-6,11-13,15H2,1H3;2-6,11-16,19H,7-9H2,1H3/t19-;11?,12-,13-,14+,15-,16+/m11/s1. The number of nitrogens with one attached hydrogen (secondary N) is 1. The Labute approximate surface area is 289 Å². The Bertz CT molecular complexity index is 1830. The number of piperidine rings is 1. The summed E-state index contributed by atoms with van der Waals surface area (Å²) in [5.74, 6) is -0.783. The molecule has 4 fully saturated rings. The minimum absolute atomic E-state index is 0.0622. The molecule has 10 heteroatoms. The van der Waals surface area contributed by atoms with E-state index in [0.29, 0.717) is 41.6 Å². The van der Waals surface area contributed by atoms with Crippen molar-refractivity contribution in [1.82, 2.24) is 14.8 Å². The first-order chi connectivity index (χ1) is 23.7. The maximum absolute atomic E-state index is 12.5. The number of hydrogen-bond donors (Lipinski definition) is 2. The van der Waals surface area contributed by atoms with Gasteiger partial charge in [0.1, 0.15) is 24.2 Å². The molecule has 2 bridgehead atoms. The molecule has 5 heterocycles. The second-order valence-electron chi connectivity index (χ2n) is 14.1. The summed E-state index contributed by atoms with van der Waals surface area (Å²) in [5, 5.41) is 10.8. The van der Waals surface area contributed by atoms with Crippen molar-refractivity contribution >= 4 is 26.7 Å². The van der Waals surface area contributed by atoms with Crippen molar-refractivity contribution in [2.45, 2.75) is 85.8 Å². The summed E-state index contributed by atoms with van der Waals surface area (Å²) in [5.41, 5.74) is 4.33. The van der Waals surface area contributed by atoms with Gasteiger partial charge in [-0.1, -0.05) is 54.6 Å². The Morgan fingerprint density at radius 2 is 1.69 bits per heavy atom. The van der Waals surface area contributed by atoms with Gasteiger partial charge in [-0.25, -0.2) is 8.42 Å². The molecule has 0 aliphatic carbocycles. The van der Waals surface area contributed by atoms with Crippen LogP contribution in [0, 0.1) is 0 Å². The number of rotatable bonds is 10. The normalized spacial score (nSPS) is 26.9. The number of epoxide rings is 1. The lowest BCUT2D eigenvalue weighted by Gasteiger charge is -2.38. The SMILES string of the molecule is CN1CCC[C@@H]1Cc1c[nH]c2ccc(CCS(=O)(=O)c3ccccc3)cc12.CN1[C@@H]2CC(OC(=O)[C@H](CO)c3ccccc3)C[C@H]1[C@@H]1O[C@@H]12. The maximum atomic E-state index is 12.5. The number of aromatic amines is 1. The average Bonchev–Trinajstić information content (AvgIpc) is 3.60. The average molecular weight is 686 g/mol. The second kappa shape index (κ2) is 14.4. The van der Waals surface area contributed by atoms with E-state index in [2.05, 4.69) is 47.2 Å². The number of ether oxygens (including phenoxy) is 2. The largest absolute Gasteiger partial charge is 0.462 e. The van der Waals surface area contributed by atoms with Crippen LogP contribution < -0.4 is 0 Å². The third-order valence-corrected chi connectivity index (χ3v) is 12.8. The fourth-order valence-electron chi connectivity index (χ4n) is 8.08. The highest BCUT2D eigenvalue weighted by Crippen LogP contribution is 2.48. The third-order valence-electron chi connectivity index (χ3n) is 11.0. The molecule has 1 unspecified atom stereocenters. The van der Waals surface area contributed by atoms with Gasteiger partial charge < -0.3 is 24.5 Å². The summed E-state index contributed by atoms with van der Waals surface area (Å²) in [7, 11) is 1.08. The number of likely N-dealkylation sites (tertiary alicyclic amines) is 1. The van der Waals surface area contributed by atoms with Crippen molar-refractivity contribution in [3.05, 3.63) is 102 Å². The highest BCUT2D eigenvalue weighted by molar-refractivity contribution is 7.91. The Hall–Kier alpha value is -3.54. The van der Waals surface area contributed by atoms with E-state index >= 15 is 0 Å². The number of benzene rings is 3. The first-order valence-electron chi connectivity index (χ1n) is 17.5. The smallest absolute Gasteiger partial charge is 0.316 e. The summed E-state index contributed by atoms with van der Waals surface area (Å²) in [6, 6.07) is 25.6. The highest BCUT2D eigenvalue weighted by atomic mass is 32.2. The zero-order chi connectivity index (χ0) is 34.1. The number of morpholine rings is 1. The number of aromatic nitrogens is 1. The van der Waals surface area contributed by atoms with Crippen LogP contribution in [-0.2, 0) is 36.9 Å². The molecule has 4 aliphatic rings. The van der Waals surface area contributed by atoms with Gasteiger partial charge in [0, 0.05) is 48.1 Å². The van der Waals surface area contributed by atoms with Crippen LogP contribution in [0.15, 0.2) is 90.0 Å². The van der Waals surface area contributed by atoms with Gasteiger partial charge in [-0.2, -0.15) is 0 Å². The van der Waals surface area contributed by atoms with Gasteiger partial charge >= 0.3 is 5.97 Å². The molecule has 260 valence electrons. The lowest BCUT2D eigenvalue weighted by molar-refractivity contribution is -0.156. The van der Waals surface area contributed by atoms with Crippen LogP contribution in [0.1, 0.15) is 48.3 Å². The molecule has 8 rings (SSSR count). The van der Waals surface area contributed by atoms with E-state index < -0.39 is 15.8 Å². The molecule has 0 radical (unpaired) electrons. The summed E-state index contributed by atoms with van der Waals surface area (Å²) in [6.07, 6.45) is 8.46. The number of carbonyl (C=O) groups excluding carboxylic acids is 1. The Morgan fingerprint density at radius 3 is 2.35 bits per heavy atom.